The van der Waals surface area contributed by atoms with Crippen LogP contribution in [-0.4, -0.2) is 31.7 Å². The third-order valence-corrected chi connectivity index (χ3v) is 7.74. The summed E-state index contributed by atoms with van der Waals surface area (Å²) in [5.74, 6) is -0.100. The van der Waals surface area contributed by atoms with Gasteiger partial charge in [-0.25, -0.2) is 22.9 Å². The number of carbonyl (C=O) groups is 1. The van der Waals surface area contributed by atoms with Crippen molar-refractivity contribution < 1.29 is 26.4 Å². The summed E-state index contributed by atoms with van der Waals surface area (Å²) in [7, 11) is -4.41. The van der Waals surface area contributed by atoms with Crippen LogP contribution in [0.2, 0.25) is 5.02 Å². The maximum Gasteiger partial charge on any atom is 0.416 e. The van der Waals surface area contributed by atoms with Crippen molar-refractivity contribution in [2.75, 3.05) is 6.54 Å². The largest absolute Gasteiger partial charge is 0.416 e. The van der Waals surface area contributed by atoms with Crippen LogP contribution in [-0.2, 0) is 16.2 Å². The highest BCUT2D eigenvalue weighted by atomic mass is 35.5. The molecule has 0 aliphatic carbocycles. The van der Waals surface area contributed by atoms with E-state index in [1.54, 1.807) is 35.6 Å². The lowest BCUT2D eigenvalue weighted by atomic mass is 9.91. The minimum atomic E-state index is -4.61. The highest BCUT2D eigenvalue weighted by Crippen LogP contribution is 2.33. The molecule has 0 bridgehead atoms. The van der Waals surface area contributed by atoms with Gasteiger partial charge in [0.15, 0.2) is 0 Å². The lowest BCUT2D eigenvalue weighted by Gasteiger charge is -2.29. The van der Waals surface area contributed by atoms with E-state index in [1.807, 2.05) is 22.2 Å². The number of thiophene rings is 1. The van der Waals surface area contributed by atoms with Gasteiger partial charge in [0, 0.05) is 22.4 Å². The molecule has 2 heterocycles. The van der Waals surface area contributed by atoms with E-state index in [9.17, 15) is 26.4 Å². The number of nitrogens with zero attached hydrogens (tertiary/aromatic N) is 2. The van der Waals surface area contributed by atoms with Crippen LogP contribution in [0.1, 0.15) is 28.3 Å². The Morgan fingerprint density at radius 2 is 1.76 bits per heavy atom. The standard InChI is InChI=1S/C22H17ClF3N3O3S2/c23-16-7-3-14(4-8-16)20-18(19-2-1-13-33-19)11-12-29(27-20)21(30)28-34(31,32)17-9-5-15(6-10-17)22(24,25)26/h1-10,13,18H,11-12H2,(H,28,30). The molecule has 1 unspecified atom stereocenters. The van der Waals surface area contributed by atoms with E-state index >= 15 is 0 Å². The Morgan fingerprint density at radius 3 is 2.35 bits per heavy atom. The summed E-state index contributed by atoms with van der Waals surface area (Å²) in [5, 5.41) is 7.91. The number of carbonyl (C=O) groups excluding carboxylic acids is 1. The molecule has 0 spiro atoms. The van der Waals surface area contributed by atoms with Crippen molar-refractivity contribution in [3.05, 3.63) is 87.1 Å². The first-order chi connectivity index (χ1) is 16.0. The summed E-state index contributed by atoms with van der Waals surface area (Å²) in [5.41, 5.74) is 0.309. The Hall–Kier alpha value is -2.89. The summed E-state index contributed by atoms with van der Waals surface area (Å²) in [6, 6.07) is 12.7. The molecule has 0 fully saturated rings. The number of benzene rings is 2. The van der Waals surface area contributed by atoms with Crippen molar-refractivity contribution in [3.8, 4) is 0 Å². The quantitative estimate of drug-likeness (QED) is 0.472. The number of hydrazone groups is 1. The number of alkyl halides is 3. The van der Waals surface area contributed by atoms with Crippen molar-refractivity contribution in [2.24, 2.45) is 5.10 Å². The highest BCUT2D eigenvalue weighted by molar-refractivity contribution is 7.90. The highest BCUT2D eigenvalue weighted by Gasteiger charge is 2.33. The zero-order valence-corrected chi connectivity index (χ0v) is 19.7. The van der Waals surface area contributed by atoms with Gasteiger partial charge in [0.1, 0.15) is 0 Å². The molecular formula is C22H17ClF3N3O3S2. The predicted octanol–water partition coefficient (Wildman–Crippen LogP) is 5.71. The van der Waals surface area contributed by atoms with Gasteiger partial charge >= 0.3 is 12.2 Å². The molecular weight excluding hydrogens is 511 g/mol. The van der Waals surface area contributed by atoms with Crippen LogP contribution < -0.4 is 4.72 Å². The minimum Gasteiger partial charge on any atom is -0.246 e. The number of halogens is 4. The number of amides is 2. The zero-order valence-electron chi connectivity index (χ0n) is 17.3. The topological polar surface area (TPSA) is 78.8 Å². The van der Waals surface area contributed by atoms with E-state index < -0.39 is 32.7 Å². The van der Waals surface area contributed by atoms with Crippen LogP contribution >= 0.6 is 22.9 Å². The molecule has 2 aromatic carbocycles. The Morgan fingerprint density at radius 1 is 1.09 bits per heavy atom. The first kappa shape index (κ1) is 24.2. The fraction of sp³-hybridized carbons (Fsp3) is 0.182. The summed E-state index contributed by atoms with van der Waals surface area (Å²) in [6.45, 7) is 0.147. The third-order valence-electron chi connectivity index (χ3n) is 5.16. The number of rotatable bonds is 4. The van der Waals surface area contributed by atoms with E-state index in [-0.39, 0.29) is 12.5 Å². The number of nitrogens with one attached hydrogen (secondary N) is 1. The van der Waals surface area contributed by atoms with E-state index in [1.165, 1.54) is 0 Å². The van der Waals surface area contributed by atoms with Crippen LogP contribution in [0.3, 0.4) is 0 Å². The van der Waals surface area contributed by atoms with Gasteiger partial charge < -0.3 is 0 Å². The van der Waals surface area contributed by atoms with Gasteiger partial charge in [-0.1, -0.05) is 29.8 Å². The van der Waals surface area contributed by atoms with Gasteiger partial charge in [-0.15, -0.1) is 11.3 Å². The first-order valence-electron chi connectivity index (χ1n) is 9.94. The lowest BCUT2D eigenvalue weighted by Crippen LogP contribution is -2.43. The van der Waals surface area contributed by atoms with Gasteiger partial charge in [-0.2, -0.15) is 18.3 Å². The van der Waals surface area contributed by atoms with Crippen molar-refractivity contribution in [1.29, 1.82) is 0 Å². The molecule has 12 heteroatoms. The Kier molecular flexibility index (Phi) is 6.70. The molecule has 6 nitrogen and oxygen atoms in total. The summed E-state index contributed by atoms with van der Waals surface area (Å²) >= 11 is 7.54. The molecule has 34 heavy (non-hydrogen) atoms. The van der Waals surface area contributed by atoms with Crippen LogP contribution in [0.25, 0.3) is 0 Å². The SMILES string of the molecule is O=C(NS(=O)(=O)c1ccc(C(F)(F)F)cc1)N1CCC(c2cccs2)C(c2ccc(Cl)cc2)=N1. The summed E-state index contributed by atoms with van der Waals surface area (Å²) < 4.78 is 65.3. The molecule has 3 aromatic rings. The summed E-state index contributed by atoms with van der Waals surface area (Å²) in [4.78, 5) is 13.3. The van der Waals surface area contributed by atoms with E-state index in [0.717, 1.165) is 27.6 Å². The smallest absolute Gasteiger partial charge is 0.246 e. The number of hydrogen-bond acceptors (Lipinski definition) is 5. The van der Waals surface area contributed by atoms with Crippen LogP contribution in [0.15, 0.2) is 76.0 Å². The van der Waals surface area contributed by atoms with Gasteiger partial charge in [0.05, 0.1) is 16.2 Å². The van der Waals surface area contributed by atoms with Crippen LogP contribution in [0.5, 0.6) is 0 Å². The number of hydrogen-bond donors (Lipinski definition) is 1. The first-order valence-corrected chi connectivity index (χ1v) is 12.7. The fourth-order valence-electron chi connectivity index (χ4n) is 3.48. The molecule has 1 aromatic heterocycles. The van der Waals surface area contributed by atoms with E-state index in [2.05, 4.69) is 5.10 Å². The van der Waals surface area contributed by atoms with Gasteiger partial charge in [-0.05, 0) is 59.8 Å². The zero-order chi connectivity index (χ0) is 24.5. The number of urea groups is 1. The maximum absolute atomic E-state index is 12.8. The Labute approximate surface area is 202 Å². The maximum atomic E-state index is 12.8. The second kappa shape index (κ2) is 9.40. The van der Waals surface area contributed by atoms with Gasteiger partial charge in [0.25, 0.3) is 10.0 Å². The third kappa shape index (κ3) is 5.26. The molecule has 2 amide bonds. The van der Waals surface area contributed by atoms with Crippen molar-refractivity contribution >= 4 is 44.7 Å². The van der Waals surface area contributed by atoms with Crippen LogP contribution in [0, 0.1) is 0 Å². The van der Waals surface area contributed by atoms with E-state index in [0.29, 0.717) is 29.3 Å². The molecule has 1 atom stereocenters. The molecule has 1 aliphatic heterocycles. The van der Waals surface area contributed by atoms with Crippen molar-refractivity contribution in [2.45, 2.75) is 23.4 Å². The average Bonchev–Trinajstić information content (AvgIpc) is 3.33. The van der Waals surface area contributed by atoms with E-state index in [4.69, 9.17) is 11.6 Å². The molecule has 1 N–H and O–H groups in total. The van der Waals surface area contributed by atoms with Gasteiger partial charge in [0.2, 0.25) is 0 Å². The average molecular weight is 528 g/mol. The van der Waals surface area contributed by atoms with Crippen molar-refractivity contribution in [3.63, 3.8) is 0 Å². The van der Waals surface area contributed by atoms with Crippen LogP contribution in [0.4, 0.5) is 18.0 Å². The lowest BCUT2D eigenvalue weighted by molar-refractivity contribution is -0.137. The second-order valence-corrected chi connectivity index (χ2v) is 10.5. The minimum absolute atomic E-state index is 0.100. The summed E-state index contributed by atoms with van der Waals surface area (Å²) in [6.07, 6.45) is -4.11. The van der Waals surface area contributed by atoms with Crippen molar-refractivity contribution in [1.82, 2.24) is 9.73 Å². The normalized spacial score (nSPS) is 16.8. The number of sulfonamides is 1. The van der Waals surface area contributed by atoms with Gasteiger partial charge in [-0.3, -0.25) is 0 Å². The Balaban J connectivity index is 1.59. The molecule has 4 rings (SSSR count). The molecule has 0 saturated carbocycles. The fourth-order valence-corrected chi connectivity index (χ4v) is 5.42. The molecule has 178 valence electrons. The molecule has 0 saturated heterocycles. The second-order valence-electron chi connectivity index (χ2n) is 7.40. The molecule has 1 aliphatic rings. The predicted molar refractivity (Wildman–Crippen MR) is 124 cm³/mol. The Bertz CT molecular complexity index is 1310. The molecule has 0 radical (unpaired) electrons. The monoisotopic (exact) mass is 527 g/mol.